The molecule has 1 saturated carbocycles. The molecular formula is C32H27NO5. The molecule has 0 unspecified atom stereocenters. The Morgan fingerprint density at radius 3 is 1.66 bits per heavy atom. The smallest absolute Gasteiger partial charge is 0.238 e. The maximum Gasteiger partial charge on any atom is 0.238 e. The number of fused-ring (bicyclic) bond motifs is 5. The van der Waals surface area contributed by atoms with Crippen molar-refractivity contribution in [2.24, 2.45) is 23.7 Å². The van der Waals surface area contributed by atoms with Gasteiger partial charge in [0.05, 0.1) is 31.7 Å². The number of rotatable bonds is 6. The predicted octanol–water partition coefficient (Wildman–Crippen LogP) is 5.33. The van der Waals surface area contributed by atoms with Gasteiger partial charge in [0.2, 0.25) is 11.8 Å². The number of hydrogen-bond acceptors (Lipinski definition) is 5. The number of Topliss-reactive ketones (excluding diaryl/α,β-unsaturated/α-hetero) is 1. The molecule has 1 saturated heterocycles. The SMILES string of the molecule is COc1ccc(C(=C2[C@H]3C=C[C@H]2[C@@H]2C(=O)N(c4cccc(C(C)=O)c4)C(=O)[C@H]23)c2ccc(OC)cc2)cc1. The minimum Gasteiger partial charge on any atom is -0.497 e. The van der Waals surface area contributed by atoms with Gasteiger partial charge in [-0.15, -0.1) is 0 Å². The summed E-state index contributed by atoms with van der Waals surface area (Å²) in [6.45, 7) is 1.47. The molecule has 2 amide bonds. The first-order valence-electron chi connectivity index (χ1n) is 12.6. The first-order valence-corrected chi connectivity index (χ1v) is 12.6. The average molecular weight is 506 g/mol. The van der Waals surface area contributed by atoms with Crippen molar-refractivity contribution in [3.8, 4) is 11.5 Å². The first kappa shape index (κ1) is 23.9. The Labute approximate surface area is 221 Å². The van der Waals surface area contributed by atoms with Crippen molar-refractivity contribution in [2.45, 2.75) is 6.92 Å². The lowest BCUT2D eigenvalue weighted by molar-refractivity contribution is -0.122. The van der Waals surface area contributed by atoms with Crippen molar-refractivity contribution >= 4 is 28.9 Å². The molecule has 0 radical (unpaired) electrons. The molecule has 6 heteroatoms. The summed E-state index contributed by atoms with van der Waals surface area (Å²) < 4.78 is 10.7. The highest BCUT2D eigenvalue weighted by atomic mass is 16.5. The lowest BCUT2D eigenvalue weighted by Crippen LogP contribution is -2.33. The van der Waals surface area contributed by atoms with Crippen molar-refractivity contribution in [1.82, 2.24) is 0 Å². The molecule has 38 heavy (non-hydrogen) atoms. The van der Waals surface area contributed by atoms with E-state index in [1.54, 1.807) is 38.5 Å². The second kappa shape index (κ2) is 9.14. The lowest BCUT2D eigenvalue weighted by Gasteiger charge is -2.22. The van der Waals surface area contributed by atoms with Crippen LogP contribution in [0.3, 0.4) is 0 Å². The molecule has 2 aliphatic carbocycles. The van der Waals surface area contributed by atoms with E-state index in [2.05, 4.69) is 12.2 Å². The number of nitrogens with zero attached hydrogens (tertiary/aromatic N) is 1. The van der Waals surface area contributed by atoms with Crippen molar-refractivity contribution in [3.63, 3.8) is 0 Å². The van der Waals surface area contributed by atoms with Gasteiger partial charge in [-0.3, -0.25) is 14.4 Å². The van der Waals surface area contributed by atoms with Crippen LogP contribution in [0.5, 0.6) is 11.5 Å². The normalized spacial score (nSPS) is 23.1. The van der Waals surface area contributed by atoms with Crippen LogP contribution < -0.4 is 14.4 Å². The number of imide groups is 1. The molecule has 6 nitrogen and oxygen atoms in total. The second-order valence-corrected chi connectivity index (χ2v) is 9.89. The number of amides is 2. The predicted molar refractivity (Wildman–Crippen MR) is 144 cm³/mol. The zero-order valence-corrected chi connectivity index (χ0v) is 21.4. The molecule has 190 valence electrons. The van der Waals surface area contributed by atoms with Crippen LogP contribution in [0.4, 0.5) is 5.69 Å². The standard InChI is InChI=1S/C32H27NO5/c1-18(34)21-5-4-6-22(17-21)33-31(35)29-25-15-16-26(30(29)32(33)36)28(25)27(19-7-11-23(37-2)12-8-19)20-9-13-24(38-3)14-10-20/h4-17,25-26,29-30H,1-3H3/t25-,26-,29+,30+/m1/s1. The highest BCUT2D eigenvalue weighted by Crippen LogP contribution is 2.59. The summed E-state index contributed by atoms with van der Waals surface area (Å²) in [4.78, 5) is 40.8. The Bertz CT molecular complexity index is 1430. The monoisotopic (exact) mass is 505 g/mol. The maximum atomic E-state index is 13.8. The number of methoxy groups -OCH3 is 2. The van der Waals surface area contributed by atoms with Crippen LogP contribution in [0, 0.1) is 23.7 Å². The number of benzene rings is 3. The van der Waals surface area contributed by atoms with E-state index in [1.807, 2.05) is 48.5 Å². The quantitative estimate of drug-likeness (QED) is 0.257. The van der Waals surface area contributed by atoms with E-state index in [1.165, 1.54) is 11.8 Å². The van der Waals surface area contributed by atoms with Gasteiger partial charge >= 0.3 is 0 Å². The van der Waals surface area contributed by atoms with Gasteiger partial charge in [0, 0.05) is 17.4 Å². The fourth-order valence-corrected chi connectivity index (χ4v) is 6.23. The van der Waals surface area contributed by atoms with Crippen molar-refractivity contribution in [1.29, 1.82) is 0 Å². The number of anilines is 1. The van der Waals surface area contributed by atoms with Gasteiger partial charge in [0.25, 0.3) is 0 Å². The van der Waals surface area contributed by atoms with Gasteiger partial charge in [0.15, 0.2) is 5.78 Å². The van der Waals surface area contributed by atoms with E-state index in [4.69, 9.17) is 9.47 Å². The average Bonchev–Trinajstić information content (AvgIpc) is 3.58. The number of ketones is 1. The Hall–Kier alpha value is -4.45. The van der Waals surface area contributed by atoms with E-state index < -0.39 is 11.8 Å². The largest absolute Gasteiger partial charge is 0.497 e. The maximum absolute atomic E-state index is 13.8. The third-order valence-electron chi connectivity index (χ3n) is 7.97. The summed E-state index contributed by atoms with van der Waals surface area (Å²) in [5, 5.41) is 0. The van der Waals surface area contributed by atoms with E-state index >= 15 is 0 Å². The summed E-state index contributed by atoms with van der Waals surface area (Å²) in [5.74, 6) is -0.347. The van der Waals surface area contributed by atoms with Crippen LogP contribution in [0.15, 0.2) is 90.5 Å². The number of hydrogen-bond donors (Lipinski definition) is 0. The van der Waals surface area contributed by atoms with Crippen LogP contribution in [0.1, 0.15) is 28.4 Å². The summed E-state index contributed by atoms with van der Waals surface area (Å²) >= 11 is 0. The van der Waals surface area contributed by atoms with Crippen molar-refractivity contribution in [3.05, 3.63) is 107 Å². The number of carbonyl (C=O) groups excluding carboxylic acids is 3. The number of carbonyl (C=O) groups is 3. The van der Waals surface area contributed by atoms with Gasteiger partial charge in [-0.1, -0.05) is 48.6 Å². The molecule has 0 N–H and O–H groups in total. The molecule has 1 aliphatic heterocycles. The first-order chi connectivity index (χ1) is 18.4. The molecule has 0 aromatic heterocycles. The van der Waals surface area contributed by atoms with Gasteiger partial charge in [-0.05, 0) is 65.6 Å². The fraction of sp³-hybridized carbons (Fsp3) is 0.219. The summed E-state index contributed by atoms with van der Waals surface area (Å²) in [7, 11) is 3.27. The Kier molecular flexibility index (Phi) is 5.75. The van der Waals surface area contributed by atoms with Gasteiger partial charge < -0.3 is 9.47 Å². The Morgan fingerprint density at radius 1 is 0.711 bits per heavy atom. The molecule has 1 heterocycles. The second-order valence-electron chi connectivity index (χ2n) is 9.89. The van der Waals surface area contributed by atoms with Crippen molar-refractivity contribution < 1.29 is 23.9 Å². The van der Waals surface area contributed by atoms with Gasteiger partial charge in [-0.2, -0.15) is 0 Å². The molecule has 6 rings (SSSR count). The third kappa shape index (κ3) is 3.59. The van der Waals surface area contributed by atoms with E-state index in [0.29, 0.717) is 11.3 Å². The van der Waals surface area contributed by atoms with Crippen LogP contribution in [-0.4, -0.2) is 31.8 Å². The highest BCUT2D eigenvalue weighted by Gasteiger charge is 2.62. The lowest BCUT2D eigenvalue weighted by atomic mass is 9.85. The highest BCUT2D eigenvalue weighted by molar-refractivity contribution is 6.23. The molecule has 3 aliphatic rings. The molecular weight excluding hydrogens is 478 g/mol. The van der Waals surface area contributed by atoms with Crippen molar-refractivity contribution in [2.75, 3.05) is 19.1 Å². The fourth-order valence-electron chi connectivity index (χ4n) is 6.23. The Balaban J connectivity index is 1.46. The Morgan fingerprint density at radius 2 is 1.21 bits per heavy atom. The minimum atomic E-state index is -0.472. The van der Waals surface area contributed by atoms with Crippen LogP contribution in [0.2, 0.25) is 0 Å². The van der Waals surface area contributed by atoms with E-state index in [9.17, 15) is 14.4 Å². The van der Waals surface area contributed by atoms with E-state index in [-0.39, 0.29) is 29.4 Å². The third-order valence-corrected chi connectivity index (χ3v) is 7.97. The van der Waals surface area contributed by atoms with E-state index in [0.717, 1.165) is 33.8 Å². The molecule has 4 atom stereocenters. The number of allylic oxidation sites excluding steroid dienone is 3. The van der Waals surface area contributed by atoms with Gasteiger partial charge in [0.1, 0.15) is 11.5 Å². The molecule has 2 fully saturated rings. The minimum absolute atomic E-state index is 0.110. The zero-order chi connectivity index (χ0) is 26.6. The molecule has 3 aromatic carbocycles. The van der Waals surface area contributed by atoms with Crippen LogP contribution >= 0.6 is 0 Å². The number of ether oxygens (including phenoxy) is 2. The molecule has 0 spiro atoms. The van der Waals surface area contributed by atoms with Crippen LogP contribution in [-0.2, 0) is 9.59 Å². The molecule has 2 bridgehead atoms. The molecule has 3 aromatic rings. The topological polar surface area (TPSA) is 72.9 Å². The zero-order valence-electron chi connectivity index (χ0n) is 21.4. The summed E-state index contributed by atoms with van der Waals surface area (Å²) in [6, 6.07) is 22.5. The summed E-state index contributed by atoms with van der Waals surface area (Å²) in [5.41, 5.74) is 5.04. The summed E-state index contributed by atoms with van der Waals surface area (Å²) in [6.07, 6.45) is 4.16. The van der Waals surface area contributed by atoms with Crippen LogP contribution in [0.25, 0.3) is 5.57 Å². The van der Waals surface area contributed by atoms with Gasteiger partial charge in [-0.25, -0.2) is 4.90 Å².